The summed E-state index contributed by atoms with van der Waals surface area (Å²) in [7, 11) is 0. The van der Waals surface area contributed by atoms with E-state index in [4.69, 9.17) is 4.74 Å². The van der Waals surface area contributed by atoms with Gasteiger partial charge in [-0.25, -0.2) is 4.98 Å². The molecule has 1 fully saturated rings. The van der Waals surface area contributed by atoms with Gasteiger partial charge in [0.1, 0.15) is 11.6 Å². The predicted molar refractivity (Wildman–Crippen MR) is 77.1 cm³/mol. The molecule has 1 aromatic rings. The van der Waals surface area contributed by atoms with Gasteiger partial charge >= 0.3 is 0 Å². The van der Waals surface area contributed by atoms with Crippen LogP contribution in [-0.2, 0) is 4.74 Å². The second-order valence-electron chi connectivity index (χ2n) is 4.77. The van der Waals surface area contributed by atoms with E-state index in [-0.39, 0.29) is 11.7 Å². The highest BCUT2D eigenvalue weighted by atomic mass is 16.6. The van der Waals surface area contributed by atoms with Gasteiger partial charge in [-0.05, 0) is 26.7 Å². The van der Waals surface area contributed by atoms with E-state index in [0.717, 1.165) is 19.4 Å². The summed E-state index contributed by atoms with van der Waals surface area (Å²) in [6, 6.07) is 3.18. The van der Waals surface area contributed by atoms with Crippen LogP contribution in [0.5, 0.6) is 0 Å². The summed E-state index contributed by atoms with van der Waals surface area (Å²) >= 11 is 0. The molecule has 0 saturated heterocycles. The third-order valence-corrected chi connectivity index (χ3v) is 3.23. The van der Waals surface area contributed by atoms with Gasteiger partial charge in [-0.1, -0.05) is 0 Å². The minimum atomic E-state index is -0.405. The van der Waals surface area contributed by atoms with Crippen molar-refractivity contribution in [2.75, 3.05) is 23.8 Å². The van der Waals surface area contributed by atoms with Crippen molar-refractivity contribution < 1.29 is 9.66 Å². The van der Waals surface area contributed by atoms with Crippen LogP contribution in [0.4, 0.5) is 17.3 Å². The van der Waals surface area contributed by atoms with E-state index in [0.29, 0.717) is 24.3 Å². The molecule has 2 rings (SSSR count). The minimum absolute atomic E-state index is 0.0409. The quantitative estimate of drug-likeness (QED) is 0.589. The summed E-state index contributed by atoms with van der Waals surface area (Å²) < 4.78 is 5.49. The van der Waals surface area contributed by atoms with Gasteiger partial charge in [0.2, 0.25) is 0 Å². The molecule has 1 saturated carbocycles. The van der Waals surface area contributed by atoms with Crippen LogP contribution in [0.1, 0.15) is 26.7 Å². The van der Waals surface area contributed by atoms with Crippen molar-refractivity contribution in [1.29, 1.82) is 0 Å². The smallest absolute Gasteiger partial charge is 0.276 e. The highest BCUT2D eigenvalue weighted by Crippen LogP contribution is 2.28. The SMILES string of the molecule is CCNc1cc([N+](=O)[O-])cc(NC2CC(OCC)C2)n1. The molecule has 0 bridgehead atoms. The maximum atomic E-state index is 10.9. The van der Waals surface area contributed by atoms with Crippen molar-refractivity contribution in [1.82, 2.24) is 4.98 Å². The molecule has 1 heterocycles. The van der Waals surface area contributed by atoms with Gasteiger partial charge in [-0.2, -0.15) is 0 Å². The number of hydrogen-bond donors (Lipinski definition) is 2. The van der Waals surface area contributed by atoms with Crippen LogP contribution >= 0.6 is 0 Å². The van der Waals surface area contributed by atoms with Crippen LogP contribution in [0, 0.1) is 10.1 Å². The highest BCUT2D eigenvalue weighted by Gasteiger charge is 2.30. The van der Waals surface area contributed by atoms with Crippen molar-refractivity contribution in [3.8, 4) is 0 Å². The summed E-state index contributed by atoms with van der Waals surface area (Å²) in [6.45, 7) is 5.29. The van der Waals surface area contributed by atoms with E-state index >= 15 is 0 Å². The minimum Gasteiger partial charge on any atom is -0.378 e. The number of hydrogen-bond acceptors (Lipinski definition) is 6. The van der Waals surface area contributed by atoms with Crippen LogP contribution in [0.2, 0.25) is 0 Å². The molecule has 0 spiro atoms. The first-order valence-corrected chi connectivity index (χ1v) is 6.90. The Labute approximate surface area is 117 Å². The maximum absolute atomic E-state index is 10.9. The molecule has 110 valence electrons. The van der Waals surface area contributed by atoms with Gasteiger partial charge in [-0.3, -0.25) is 10.1 Å². The predicted octanol–water partition coefficient (Wildman–Crippen LogP) is 2.40. The lowest BCUT2D eigenvalue weighted by molar-refractivity contribution is -0.384. The fourth-order valence-electron chi connectivity index (χ4n) is 2.23. The van der Waals surface area contributed by atoms with Crippen LogP contribution in [0.15, 0.2) is 12.1 Å². The van der Waals surface area contributed by atoms with Gasteiger partial charge in [-0.15, -0.1) is 0 Å². The van der Waals surface area contributed by atoms with E-state index in [1.54, 1.807) is 0 Å². The van der Waals surface area contributed by atoms with Crippen LogP contribution < -0.4 is 10.6 Å². The second-order valence-corrected chi connectivity index (χ2v) is 4.77. The average molecular weight is 280 g/mol. The maximum Gasteiger partial charge on any atom is 0.276 e. The Morgan fingerprint density at radius 3 is 2.70 bits per heavy atom. The number of ether oxygens (including phenoxy) is 1. The topological polar surface area (TPSA) is 89.3 Å². The number of nitrogens with zero attached hydrogens (tertiary/aromatic N) is 2. The molecule has 0 aliphatic heterocycles. The lowest BCUT2D eigenvalue weighted by Gasteiger charge is -2.35. The normalized spacial score (nSPS) is 21.1. The van der Waals surface area contributed by atoms with Crippen molar-refractivity contribution in [3.63, 3.8) is 0 Å². The Hall–Kier alpha value is -1.89. The molecule has 7 heteroatoms. The molecule has 0 unspecified atom stereocenters. The zero-order chi connectivity index (χ0) is 14.5. The molecule has 0 amide bonds. The third-order valence-electron chi connectivity index (χ3n) is 3.23. The van der Waals surface area contributed by atoms with Crippen molar-refractivity contribution in [2.45, 2.75) is 38.8 Å². The largest absolute Gasteiger partial charge is 0.378 e. The van der Waals surface area contributed by atoms with Crippen LogP contribution in [0.3, 0.4) is 0 Å². The van der Waals surface area contributed by atoms with Gasteiger partial charge in [0, 0.05) is 19.2 Å². The molecule has 0 atom stereocenters. The standard InChI is InChI=1S/C13H20N4O3/c1-3-14-12-7-10(17(18)19)8-13(16-12)15-9-5-11(6-9)20-4-2/h7-9,11H,3-6H2,1-2H3,(H2,14,15,16). The zero-order valence-corrected chi connectivity index (χ0v) is 11.8. The molecule has 1 aromatic heterocycles. The average Bonchev–Trinajstić information content (AvgIpc) is 2.36. The molecule has 1 aliphatic carbocycles. The number of aromatic nitrogens is 1. The number of nitro groups is 1. The van der Waals surface area contributed by atoms with Crippen LogP contribution in [0.25, 0.3) is 0 Å². The van der Waals surface area contributed by atoms with Gasteiger partial charge < -0.3 is 15.4 Å². The van der Waals surface area contributed by atoms with Gasteiger partial charge in [0.05, 0.1) is 23.2 Å². The highest BCUT2D eigenvalue weighted by molar-refractivity contribution is 5.55. The molecular formula is C13H20N4O3. The van der Waals surface area contributed by atoms with E-state index in [1.807, 2.05) is 13.8 Å². The lowest BCUT2D eigenvalue weighted by atomic mass is 9.89. The first-order chi connectivity index (χ1) is 9.62. The first kappa shape index (κ1) is 14.5. The van der Waals surface area contributed by atoms with Crippen LogP contribution in [-0.4, -0.2) is 35.2 Å². The Morgan fingerprint density at radius 2 is 2.10 bits per heavy atom. The number of rotatable bonds is 7. The van der Waals surface area contributed by atoms with E-state index in [1.165, 1.54) is 12.1 Å². The van der Waals surface area contributed by atoms with Crippen molar-refractivity contribution >= 4 is 17.3 Å². The summed E-state index contributed by atoms with van der Waals surface area (Å²) in [6.07, 6.45) is 2.12. The summed E-state index contributed by atoms with van der Waals surface area (Å²) in [5, 5.41) is 17.1. The monoisotopic (exact) mass is 280 g/mol. The molecular weight excluding hydrogens is 260 g/mol. The van der Waals surface area contributed by atoms with Crippen molar-refractivity contribution in [2.24, 2.45) is 0 Å². The molecule has 0 radical (unpaired) electrons. The number of anilines is 2. The van der Waals surface area contributed by atoms with Crippen molar-refractivity contribution in [3.05, 3.63) is 22.2 Å². The van der Waals surface area contributed by atoms with E-state index in [2.05, 4.69) is 15.6 Å². The third kappa shape index (κ3) is 3.57. The summed E-state index contributed by atoms with van der Waals surface area (Å²) in [5.74, 6) is 1.06. The zero-order valence-electron chi connectivity index (χ0n) is 11.8. The molecule has 0 aromatic carbocycles. The van der Waals surface area contributed by atoms with Gasteiger partial charge in [0.15, 0.2) is 0 Å². The number of nitrogens with one attached hydrogen (secondary N) is 2. The van der Waals surface area contributed by atoms with E-state index < -0.39 is 4.92 Å². The fourth-order valence-corrected chi connectivity index (χ4v) is 2.23. The fraction of sp³-hybridized carbons (Fsp3) is 0.615. The molecule has 2 N–H and O–H groups in total. The van der Waals surface area contributed by atoms with E-state index in [9.17, 15) is 10.1 Å². The summed E-state index contributed by atoms with van der Waals surface area (Å²) in [4.78, 5) is 14.8. The molecule has 1 aliphatic rings. The summed E-state index contributed by atoms with van der Waals surface area (Å²) in [5.41, 5.74) is 0.0409. The lowest BCUT2D eigenvalue weighted by Crippen LogP contribution is -2.41. The van der Waals surface area contributed by atoms with Gasteiger partial charge in [0.25, 0.3) is 5.69 Å². The Balaban J connectivity index is 2.02. The molecule has 20 heavy (non-hydrogen) atoms. The first-order valence-electron chi connectivity index (χ1n) is 6.90. The second kappa shape index (κ2) is 6.51. The Morgan fingerprint density at radius 1 is 1.40 bits per heavy atom. The molecule has 7 nitrogen and oxygen atoms in total. The Bertz CT molecular complexity index is 475. The Kier molecular flexibility index (Phi) is 4.73. The number of pyridine rings is 1.